The van der Waals surface area contributed by atoms with Gasteiger partial charge in [0.25, 0.3) is 10.1 Å². The molecule has 0 spiro atoms. The van der Waals surface area contributed by atoms with Crippen molar-refractivity contribution in [2.45, 2.75) is 22.6 Å². The first-order chi connectivity index (χ1) is 19.2. The van der Waals surface area contributed by atoms with Gasteiger partial charge in [0.15, 0.2) is 11.4 Å². The second kappa shape index (κ2) is 14.2. The van der Waals surface area contributed by atoms with E-state index in [0.29, 0.717) is 23.9 Å². The minimum Gasteiger partial charge on any atom is -0.347 e. The Labute approximate surface area is 237 Å². The highest BCUT2D eigenvalue weighted by atomic mass is 32.2. The molecule has 1 aromatic heterocycles. The second-order valence-electron chi connectivity index (χ2n) is 7.98. The number of benzene rings is 2. The monoisotopic (exact) mass is 622 g/mol. The molecule has 0 aliphatic carbocycles. The molecule has 0 fully saturated rings. The molecule has 3 rings (SSSR count). The Balaban J connectivity index is 0.00000138. The normalized spacial score (nSPS) is 10.9. The molecule has 1 heterocycles. The SMILES string of the molecule is O=S(=O)=O.[C-]#[N+]c1ccc(S(=O)(=O)NCCCc2nc(Nc3cccc(S(=O)(=O)O)c3)nc(N(C)C)n2)cc1[N+]#[C-]. The van der Waals surface area contributed by atoms with Crippen LogP contribution in [0.2, 0.25) is 0 Å². The molecule has 41 heavy (non-hydrogen) atoms. The van der Waals surface area contributed by atoms with Crippen LogP contribution < -0.4 is 14.9 Å². The minimum atomic E-state index is -4.39. The quantitative estimate of drug-likeness (QED) is 0.168. The van der Waals surface area contributed by atoms with Crippen LogP contribution in [-0.2, 0) is 37.2 Å². The number of nitrogens with one attached hydrogen (secondary N) is 2. The molecule has 0 aliphatic rings. The van der Waals surface area contributed by atoms with Gasteiger partial charge in [0.2, 0.25) is 21.9 Å². The fourth-order valence-corrected chi connectivity index (χ4v) is 4.65. The molecule has 0 saturated heterocycles. The number of nitrogens with zero attached hydrogens (tertiary/aromatic N) is 6. The van der Waals surface area contributed by atoms with E-state index < -0.39 is 30.8 Å². The number of sulfonamides is 1. The molecule has 0 radical (unpaired) electrons. The summed E-state index contributed by atoms with van der Waals surface area (Å²) >= 11 is 0. The lowest BCUT2D eigenvalue weighted by molar-refractivity contribution is 0.483. The van der Waals surface area contributed by atoms with Crippen LogP contribution in [0, 0.1) is 13.1 Å². The first-order valence-corrected chi connectivity index (χ1v) is 15.0. The summed E-state index contributed by atoms with van der Waals surface area (Å²) < 4.78 is 85.1. The second-order valence-corrected chi connectivity index (χ2v) is 11.6. The van der Waals surface area contributed by atoms with Gasteiger partial charge < -0.3 is 10.2 Å². The van der Waals surface area contributed by atoms with Crippen molar-refractivity contribution in [1.29, 1.82) is 0 Å². The topological polar surface area (TPSA) is 214 Å². The molecule has 3 aromatic rings. The van der Waals surface area contributed by atoms with Crippen molar-refractivity contribution < 1.29 is 34.0 Å². The van der Waals surface area contributed by atoms with Crippen molar-refractivity contribution in [3.8, 4) is 0 Å². The van der Waals surface area contributed by atoms with Crippen molar-refractivity contribution in [1.82, 2.24) is 19.7 Å². The predicted molar refractivity (Wildman–Crippen MR) is 146 cm³/mol. The third-order valence-corrected chi connectivity index (χ3v) is 7.13. The Morgan fingerprint density at radius 3 is 2.17 bits per heavy atom. The maximum Gasteiger partial charge on any atom is 0.425 e. The zero-order chi connectivity index (χ0) is 30.8. The Kier molecular flexibility index (Phi) is 11.3. The van der Waals surface area contributed by atoms with E-state index in [1.165, 1.54) is 30.3 Å². The summed E-state index contributed by atoms with van der Waals surface area (Å²) in [6.45, 7) is 14.2. The molecule has 0 aliphatic heterocycles. The van der Waals surface area contributed by atoms with Crippen LogP contribution in [0.3, 0.4) is 0 Å². The zero-order valence-electron chi connectivity index (χ0n) is 21.4. The summed E-state index contributed by atoms with van der Waals surface area (Å²) in [6, 6.07) is 9.22. The maximum atomic E-state index is 12.6. The smallest absolute Gasteiger partial charge is 0.347 e. The van der Waals surface area contributed by atoms with Crippen molar-refractivity contribution >= 4 is 59.7 Å². The molecule has 216 valence electrons. The molecule has 0 atom stereocenters. The number of hydrogen-bond donors (Lipinski definition) is 3. The van der Waals surface area contributed by atoms with Crippen molar-refractivity contribution in [3.63, 3.8) is 0 Å². The molecular formula is C22H22N8O8S3. The van der Waals surface area contributed by atoms with Gasteiger partial charge in [-0.2, -0.15) is 23.4 Å². The molecular weight excluding hydrogens is 600 g/mol. The summed E-state index contributed by atoms with van der Waals surface area (Å²) in [6.07, 6.45) is 0.624. The lowest BCUT2D eigenvalue weighted by Gasteiger charge is -2.14. The van der Waals surface area contributed by atoms with E-state index in [1.54, 1.807) is 25.1 Å². The predicted octanol–water partition coefficient (Wildman–Crippen LogP) is 1.94. The van der Waals surface area contributed by atoms with E-state index in [4.69, 9.17) is 25.8 Å². The fraction of sp³-hybridized carbons (Fsp3) is 0.227. The highest BCUT2D eigenvalue weighted by Crippen LogP contribution is 2.30. The fourth-order valence-electron chi connectivity index (χ4n) is 3.03. The largest absolute Gasteiger partial charge is 0.425 e. The summed E-state index contributed by atoms with van der Waals surface area (Å²) in [7, 11) is -7.94. The van der Waals surface area contributed by atoms with Crippen molar-refractivity contribution in [3.05, 3.63) is 71.1 Å². The van der Waals surface area contributed by atoms with E-state index in [-0.39, 0.29) is 40.1 Å². The van der Waals surface area contributed by atoms with E-state index in [1.807, 2.05) is 0 Å². The van der Waals surface area contributed by atoms with E-state index in [2.05, 4.69) is 34.7 Å². The Morgan fingerprint density at radius 1 is 0.927 bits per heavy atom. The first kappa shape index (κ1) is 32.7. The van der Waals surface area contributed by atoms with Crippen LogP contribution >= 0.6 is 0 Å². The van der Waals surface area contributed by atoms with E-state index in [9.17, 15) is 21.4 Å². The number of rotatable bonds is 10. The zero-order valence-corrected chi connectivity index (χ0v) is 23.8. The van der Waals surface area contributed by atoms with Crippen molar-refractivity contribution in [2.24, 2.45) is 0 Å². The average Bonchev–Trinajstić information content (AvgIpc) is 2.90. The van der Waals surface area contributed by atoms with Gasteiger partial charge in [-0.25, -0.2) is 13.1 Å². The standard InChI is InChI=1S/C22H22N8O5S2.O3S/c1-23-18-11-10-16(14-19(18)24-2)36(31,32)25-12-6-9-20-27-21(29-22(28-20)30(3)4)26-15-7-5-8-17(13-15)37(33,34)35;1-4(2)3/h5,7-8,10-11,13-14,25H,6,9,12H2,3-4H3,(H,33,34,35)(H,26,27,28,29);. The lowest BCUT2D eigenvalue weighted by atomic mass is 10.3. The molecule has 3 N–H and O–H groups in total. The first-order valence-electron chi connectivity index (χ1n) is 11.1. The van der Waals surface area contributed by atoms with Gasteiger partial charge in [-0.05, 0) is 30.7 Å². The van der Waals surface area contributed by atoms with Crippen molar-refractivity contribution in [2.75, 3.05) is 30.9 Å². The molecule has 19 heteroatoms. The molecule has 16 nitrogen and oxygen atoms in total. The lowest BCUT2D eigenvalue weighted by Crippen LogP contribution is -2.25. The van der Waals surface area contributed by atoms with Gasteiger partial charge in [-0.15, -0.1) is 12.6 Å². The average molecular weight is 623 g/mol. The van der Waals surface area contributed by atoms with Gasteiger partial charge in [0, 0.05) is 32.7 Å². The van der Waals surface area contributed by atoms with Crippen LogP contribution in [-0.4, -0.2) is 69.6 Å². The van der Waals surface area contributed by atoms with Gasteiger partial charge in [-0.3, -0.25) is 14.2 Å². The maximum absolute atomic E-state index is 12.6. The number of aryl methyl sites for hydroxylation is 1. The van der Waals surface area contributed by atoms with Crippen LogP contribution in [0.1, 0.15) is 12.2 Å². The highest BCUT2D eigenvalue weighted by Gasteiger charge is 2.16. The van der Waals surface area contributed by atoms with Crippen LogP contribution in [0.4, 0.5) is 29.0 Å². The third kappa shape index (κ3) is 10.2. The van der Waals surface area contributed by atoms with Gasteiger partial charge in [0.1, 0.15) is 5.82 Å². The van der Waals surface area contributed by atoms with Gasteiger partial charge in [-0.1, -0.05) is 18.2 Å². The van der Waals surface area contributed by atoms with Crippen LogP contribution in [0.15, 0.2) is 52.3 Å². The molecule has 0 bridgehead atoms. The molecule has 0 amide bonds. The highest BCUT2D eigenvalue weighted by molar-refractivity contribution is 7.89. The Bertz CT molecular complexity index is 1830. The van der Waals surface area contributed by atoms with E-state index >= 15 is 0 Å². The number of hydrogen-bond acceptors (Lipinski definition) is 12. The molecule has 2 aromatic carbocycles. The third-order valence-electron chi connectivity index (χ3n) is 4.83. The van der Waals surface area contributed by atoms with Gasteiger partial charge >= 0.3 is 10.6 Å². The minimum absolute atomic E-state index is 0.0403. The summed E-state index contributed by atoms with van der Waals surface area (Å²) in [4.78, 5) is 20.6. The number of anilines is 3. The van der Waals surface area contributed by atoms with Crippen LogP contribution in [0.5, 0.6) is 0 Å². The van der Waals surface area contributed by atoms with Crippen LogP contribution in [0.25, 0.3) is 9.69 Å². The summed E-state index contributed by atoms with van der Waals surface area (Å²) in [5.74, 6) is 0.821. The number of aromatic nitrogens is 3. The molecule has 0 unspecified atom stereocenters. The van der Waals surface area contributed by atoms with E-state index in [0.717, 1.165) is 6.07 Å². The van der Waals surface area contributed by atoms with Gasteiger partial charge in [0.05, 0.1) is 22.9 Å². The Hall–Kier alpha value is -4.53. The summed E-state index contributed by atoms with van der Waals surface area (Å²) in [5, 5.41) is 2.89. The molecule has 0 saturated carbocycles. The Morgan fingerprint density at radius 2 is 1.59 bits per heavy atom. The summed E-state index contributed by atoms with van der Waals surface area (Å²) in [5.41, 5.74) is 0.365.